The van der Waals surface area contributed by atoms with Crippen LogP contribution in [0.2, 0.25) is 0 Å². The van der Waals surface area contributed by atoms with Gasteiger partial charge >= 0.3 is 0 Å². The van der Waals surface area contributed by atoms with E-state index in [9.17, 15) is 10.2 Å². The van der Waals surface area contributed by atoms with Crippen molar-refractivity contribution < 1.29 is 15.0 Å². The Bertz CT molecular complexity index is 645. The van der Waals surface area contributed by atoms with Crippen LogP contribution in [0.25, 0.3) is 0 Å². The largest absolute Gasteiger partial charge is 0.396 e. The lowest BCUT2D eigenvalue weighted by atomic mass is 9.85. The molecule has 3 nitrogen and oxygen atoms in total. The predicted molar refractivity (Wildman–Crippen MR) is 112 cm³/mol. The van der Waals surface area contributed by atoms with Crippen molar-refractivity contribution in [3.63, 3.8) is 0 Å². The fourth-order valence-electron chi connectivity index (χ4n) is 3.15. The molecule has 0 aliphatic rings. The van der Waals surface area contributed by atoms with Crippen molar-refractivity contribution in [2.24, 2.45) is 10.8 Å². The van der Waals surface area contributed by atoms with Crippen molar-refractivity contribution in [3.05, 3.63) is 70.8 Å². The quantitative estimate of drug-likeness (QED) is 0.732. The fourth-order valence-corrected chi connectivity index (χ4v) is 3.15. The highest BCUT2D eigenvalue weighted by Gasteiger charge is 2.18. The zero-order valence-corrected chi connectivity index (χ0v) is 17.2. The molecule has 3 heteroatoms. The van der Waals surface area contributed by atoms with Crippen LogP contribution in [0, 0.1) is 10.8 Å². The van der Waals surface area contributed by atoms with Crippen LogP contribution in [-0.2, 0) is 24.1 Å². The first kappa shape index (κ1) is 23.1. The number of aliphatic hydroxyl groups excluding tert-OH is 2. The number of aliphatic hydroxyl groups is 2. The lowest BCUT2D eigenvalue weighted by molar-refractivity contribution is -0.0979. The van der Waals surface area contributed by atoms with E-state index in [1.165, 1.54) is 22.3 Å². The molecule has 0 saturated heterocycles. The third-order valence-corrected chi connectivity index (χ3v) is 4.61. The van der Waals surface area contributed by atoms with Gasteiger partial charge in [-0.15, -0.1) is 0 Å². The van der Waals surface area contributed by atoms with Crippen LogP contribution in [0.1, 0.15) is 49.9 Å². The Morgan fingerprint density at radius 1 is 0.704 bits per heavy atom. The van der Waals surface area contributed by atoms with E-state index in [-0.39, 0.29) is 24.0 Å². The predicted octanol–water partition coefficient (Wildman–Crippen LogP) is 4.21. The SMILES string of the molecule is C=O.CC(C)(CO)Cc1cccc(Cc2cccc(CC(C)(C)CO)c2)c1. The molecule has 0 aromatic heterocycles. The standard InChI is InChI=1S/C23H32O2.CH2O/c1-22(2,16-24)14-20-9-5-7-18(12-20)11-19-8-6-10-21(13-19)15-23(3,4)17-25;1-2/h5-10,12-13,24-25H,11,14-17H2,1-4H3;1H2. The number of hydrogen-bond acceptors (Lipinski definition) is 3. The Balaban J connectivity index is 0.00000176. The van der Waals surface area contributed by atoms with E-state index in [1.54, 1.807) is 0 Å². The maximum Gasteiger partial charge on any atom is 0.106 e. The maximum atomic E-state index is 9.49. The van der Waals surface area contributed by atoms with E-state index >= 15 is 0 Å². The Morgan fingerprint density at radius 3 is 1.37 bits per heavy atom. The van der Waals surface area contributed by atoms with E-state index in [4.69, 9.17) is 4.79 Å². The van der Waals surface area contributed by atoms with Gasteiger partial charge in [-0.3, -0.25) is 0 Å². The van der Waals surface area contributed by atoms with Crippen molar-refractivity contribution in [3.8, 4) is 0 Å². The second kappa shape index (κ2) is 10.4. The van der Waals surface area contributed by atoms with Gasteiger partial charge in [-0.05, 0) is 52.3 Å². The first-order valence-corrected chi connectivity index (χ1v) is 9.39. The highest BCUT2D eigenvalue weighted by atomic mass is 16.3. The summed E-state index contributed by atoms with van der Waals surface area (Å²) in [5, 5.41) is 19.0. The van der Waals surface area contributed by atoms with Crippen LogP contribution in [0.3, 0.4) is 0 Å². The molecule has 0 aliphatic heterocycles. The molecule has 0 radical (unpaired) electrons. The summed E-state index contributed by atoms with van der Waals surface area (Å²) >= 11 is 0. The van der Waals surface area contributed by atoms with Crippen molar-refractivity contribution >= 4 is 6.79 Å². The lowest BCUT2D eigenvalue weighted by Crippen LogP contribution is -2.19. The van der Waals surface area contributed by atoms with Crippen LogP contribution in [-0.4, -0.2) is 30.2 Å². The molecule has 0 bridgehead atoms. The zero-order valence-electron chi connectivity index (χ0n) is 17.2. The smallest absolute Gasteiger partial charge is 0.106 e. The van der Waals surface area contributed by atoms with Gasteiger partial charge in [0.25, 0.3) is 0 Å². The van der Waals surface area contributed by atoms with Crippen LogP contribution < -0.4 is 0 Å². The van der Waals surface area contributed by atoms with Gasteiger partial charge in [0.1, 0.15) is 6.79 Å². The van der Waals surface area contributed by atoms with Crippen LogP contribution in [0.15, 0.2) is 48.5 Å². The average molecular weight is 371 g/mol. The van der Waals surface area contributed by atoms with Crippen molar-refractivity contribution in [1.82, 2.24) is 0 Å². The Hall–Kier alpha value is -1.97. The molecule has 0 spiro atoms. The first-order valence-electron chi connectivity index (χ1n) is 9.39. The summed E-state index contributed by atoms with van der Waals surface area (Å²) in [4.78, 5) is 8.00. The molecule has 0 unspecified atom stereocenters. The van der Waals surface area contributed by atoms with E-state index in [1.807, 2.05) is 6.79 Å². The summed E-state index contributed by atoms with van der Waals surface area (Å²) in [7, 11) is 0. The number of carbonyl (C=O) groups is 1. The minimum atomic E-state index is -0.0889. The van der Waals surface area contributed by atoms with Gasteiger partial charge in [-0.2, -0.15) is 0 Å². The van der Waals surface area contributed by atoms with Gasteiger partial charge in [-0.25, -0.2) is 0 Å². The van der Waals surface area contributed by atoms with Gasteiger partial charge in [0.15, 0.2) is 0 Å². The fraction of sp³-hybridized carbons (Fsp3) is 0.458. The van der Waals surface area contributed by atoms with Gasteiger partial charge in [0, 0.05) is 13.2 Å². The molecule has 0 heterocycles. The number of carbonyl (C=O) groups excluding carboxylic acids is 1. The summed E-state index contributed by atoms with van der Waals surface area (Å²) in [5.74, 6) is 0. The number of rotatable bonds is 8. The number of benzene rings is 2. The summed E-state index contributed by atoms with van der Waals surface area (Å²) in [5.41, 5.74) is 4.96. The minimum Gasteiger partial charge on any atom is -0.396 e. The Kier molecular flexibility index (Phi) is 8.87. The third kappa shape index (κ3) is 8.06. The average Bonchev–Trinajstić information content (AvgIpc) is 2.63. The molecule has 2 aromatic carbocycles. The molecule has 0 aliphatic carbocycles. The lowest BCUT2D eigenvalue weighted by Gasteiger charge is -2.22. The molecular weight excluding hydrogens is 336 g/mol. The third-order valence-electron chi connectivity index (χ3n) is 4.61. The van der Waals surface area contributed by atoms with Crippen LogP contribution >= 0.6 is 0 Å². The van der Waals surface area contributed by atoms with E-state index in [0.29, 0.717) is 0 Å². The molecule has 27 heavy (non-hydrogen) atoms. The summed E-state index contributed by atoms with van der Waals surface area (Å²) in [6.07, 6.45) is 2.66. The second-order valence-electron chi connectivity index (χ2n) is 8.81. The summed E-state index contributed by atoms with van der Waals surface area (Å²) < 4.78 is 0. The summed E-state index contributed by atoms with van der Waals surface area (Å²) in [6.45, 7) is 10.7. The molecule has 0 atom stereocenters. The molecule has 2 N–H and O–H groups in total. The van der Waals surface area contributed by atoms with Gasteiger partial charge in [0.05, 0.1) is 0 Å². The molecule has 0 saturated carbocycles. The second-order valence-corrected chi connectivity index (χ2v) is 8.81. The van der Waals surface area contributed by atoms with Crippen molar-refractivity contribution in [2.45, 2.75) is 47.0 Å². The van der Waals surface area contributed by atoms with E-state index in [2.05, 4.69) is 76.2 Å². The van der Waals surface area contributed by atoms with E-state index in [0.717, 1.165) is 19.3 Å². The first-order chi connectivity index (χ1) is 12.7. The van der Waals surface area contributed by atoms with Crippen molar-refractivity contribution in [2.75, 3.05) is 13.2 Å². The molecular formula is C24H34O3. The molecule has 2 aromatic rings. The summed E-state index contributed by atoms with van der Waals surface area (Å²) in [6, 6.07) is 17.3. The molecule has 0 amide bonds. The molecule has 0 fully saturated rings. The monoisotopic (exact) mass is 370 g/mol. The topological polar surface area (TPSA) is 57.5 Å². The maximum absolute atomic E-state index is 9.49. The van der Waals surface area contributed by atoms with E-state index < -0.39 is 0 Å². The molecule has 148 valence electrons. The highest BCUT2D eigenvalue weighted by Crippen LogP contribution is 2.24. The Morgan fingerprint density at radius 2 is 1.04 bits per heavy atom. The normalized spacial score (nSPS) is 11.6. The van der Waals surface area contributed by atoms with Gasteiger partial charge in [0.2, 0.25) is 0 Å². The van der Waals surface area contributed by atoms with Crippen LogP contribution in [0.5, 0.6) is 0 Å². The molecule has 2 rings (SSSR count). The zero-order chi connectivity index (χ0) is 20.5. The van der Waals surface area contributed by atoms with Gasteiger partial charge < -0.3 is 15.0 Å². The van der Waals surface area contributed by atoms with Gasteiger partial charge in [-0.1, -0.05) is 76.2 Å². The highest BCUT2D eigenvalue weighted by molar-refractivity contribution is 5.32. The van der Waals surface area contributed by atoms with Crippen molar-refractivity contribution in [1.29, 1.82) is 0 Å². The number of hydrogen-bond donors (Lipinski definition) is 2. The van der Waals surface area contributed by atoms with Crippen LogP contribution in [0.4, 0.5) is 0 Å². The minimum absolute atomic E-state index is 0.0889. The Labute approximate surface area is 164 Å².